The molecule has 0 aliphatic rings. The van der Waals surface area contributed by atoms with E-state index in [2.05, 4.69) is 10.6 Å². The number of carbonyl (C=O) groups excluding carboxylic acids is 2. The van der Waals surface area contributed by atoms with Crippen molar-refractivity contribution in [3.63, 3.8) is 0 Å². The van der Waals surface area contributed by atoms with Crippen molar-refractivity contribution in [2.75, 3.05) is 6.54 Å². The van der Waals surface area contributed by atoms with Crippen molar-refractivity contribution in [3.8, 4) is 0 Å². The standard InChI is InChI=1S/C19H22N2O3/c1-3-4-11-20-19(23)17(13-15-9-7-12-24-15)21-18(22)16-10-6-5-8-14(16)2/h5-10,12-13H,3-4,11H2,1-2H3,(H,20,23)(H,21,22)/b17-13-. The molecule has 5 heteroatoms. The summed E-state index contributed by atoms with van der Waals surface area (Å²) in [7, 11) is 0. The van der Waals surface area contributed by atoms with Gasteiger partial charge in [-0.3, -0.25) is 9.59 Å². The van der Waals surface area contributed by atoms with Crippen LogP contribution < -0.4 is 10.6 Å². The summed E-state index contributed by atoms with van der Waals surface area (Å²) in [5.41, 5.74) is 1.54. The highest BCUT2D eigenvalue weighted by molar-refractivity contribution is 6.05. The highest BCUT2D eigenvalue weighted by Crippen LogP contribution is 2.10. The quantitative estimate of drug-likeness (QED) is 0.606. The molecular formula is C19H22N2O3. The van der Waals surface area contributed by atoms with Gasteiger partial charge in [0.05, 0.1) is 6.26 Å². The lowest BCUT2D eigenvalue weighted by Crippen LogP contribution is -2.35. The summed E-state index contributed by atoms with van der Waals surface area (Å²) in [4.78, 5) is 24.8. The third-order valence-corrected chi connectivity index (χ3v) is 3.53. The number of nitrogens with one attached hydrogen (secondary N) is 2. The number of benzene rings is 1. The van der Waals surface area contributed by atoms with E-state index in [0.717, 1.165) is 18.4 Å². The minimum absolute atomic E-state index is 0.161. The van der Waals surface area contributed by atoms with Crippen molar-refractivity contribution in [2.45, 2.75) is 26.7 Å². The number of aryl methyl sites for hydroxylation is 1. The Labute approximate surface area is 141 Å². The molecule has 2 rings (SSSR count). The molecule has 0 fully saturated rings. The summed E-state index contributed by atoms with van der Waals surface area (Å²) < 4.78 is 5.24. The lowest BCUT2D eigenvalue weighted by Gasteiger charge is -2.11. The van der Waals surface area contributed by atoms with Crippen LogP contribution in [0.4, 0.5) is 0 Å². The first kappa shape index (κ1) is 17.5. The lowest BCUT2D eigenvalue weighted by atomic mass is 10.1. The summed E-state index contributed by atoms with van der Waals surface area (Å²) in [6.45, 7) is 4.46. The van der Waals surface area contributed by atoms with Gasteiger partial charge in [0, 0.05) is 18.2 Å². The highest BCUT2D eigenvalue weighted by Gasteiger charge is 2.16. The second-order valence-corrected chi connectivity index (χ2v) is 5.45. The molecule has 0 saturated heterocycles. The van der Waals surface area contributed by atoms with Crippen LogP contribution in [0.1, 0.15) is 41.4 Å². The lowest BCUT2D eigenvalue weighted by molar-refractivity contribution is -0.117. The molecule has 2 N–H and O–H groups in total. The van der Waals surface area contributed by atoms with Crippen LogP contribution in [0, 0.1) is 6.92 Å². The summed E-state index contributed by atoms with van der Waals surface area (Å²) in [5.74, 6) is -0.154. The second-order valence-electron chi connectivity index (χ2n) is 5.45. The first-order valence-corrected chi connectivity index (χ1v) is 8.02. The smallest absolute Gasteiger partial charge is 0.267 e. The van der Waals surface area contributed by atoms with Crippen molar-refractivity contribution >= 4 is 17.9 Å². The Balaban J connectivity index is 2.18. The van der Waals surface area contributed by atoms with Gasteiger partial charge in [-0.2, -0.15) is 0 Å². The van der Waals surface area contributed by atoms with Gasteiger partial charge >= 0.3 is 0 Å². The van der Waals surface area contributed by atoms with Gasteiger partial charge in [0.2, 0.25) is 0 Å². The van der Waals surface area contributed by atoms with Crippen molar-refractivity contribution in [3.05, 3.63) is 65.2 Å². The molecule has 0 bridgehead atoms. The first-order valence-electron chi connectivity index (χ1n) is 8.02. The average molecular weight is 326 g/mol. The average Bonchev–Trinajstić information content (AvgIpc) is 3.07. The molecule has 0 atom stereocenters. The predicted octanol–water partition coefficient (Wildman–Crippen LogP) is 3.28. The van der Waals surface area contributed by atoms with Gasteiger partial charge < -0.3 is 15.1 Å². The minimum atomic E-state index is -0.332. The van der Waals surface area contributed by atoms with Crippen LogP contribution in [-0.4, -0.2) is 18.4 Å². The molecule has 1 aromatic carbocycles. The molecule has 0 aliphatic heterocycles. The van der Waals surface area contributed by atoms with E-state index in [9.17, 15) is 9.59 Å². The molecule has 0 aliphatic carbocycles. The molecular weight excluding hydrogens is 304 g/mol. The fraction of sp³-hybridized carbons (Fsp3) is 0.263. The van der Waals surface area contributed by atoms with Gasteiger partial charge in [0.1, 0.15) is 11.5 Å². The van der Waals surface area contributed by atoms with Crippen LogP contribution in [0.5, 0.6) is 0 Å². The summed E-state index contributed by atoms with van der Waals surface area (Å²) in [6, 6.07) is 10.7. The van der Waals surface area contributed by atoms with E-state index in [1.807, 2.05) is 26.0 Å². The topological polar surface area (TPSA) is 71.3 Å². The van der Waals surface area contributed by atoms with Crippen LogP contribution in [0.2, 0.25) is 0 Å². The molecule has 2 amide bonds. The van der Waals surface area contributed by atoms with Crippen LogP contribution in [0.15, 0.2) is 52.8 Å². The molecule has 5 nitrogen and oxygen atoms in total. The van der Waals surface area contributed by atoms with Crippen molar-refractivity contribution in [1.29, 1.82) is 0 Å². The molecule has 0 radical (unpaired) electrons. The minimum Gasteiger partial charge on any atom is -0.465 e. The third kappa shape index (κ3) is 4.84. The van der Waals surface area contributed by atoms with Gasteiger partial charge in [-0.15, -0.1) is 0 Å². The number of furan rings is 1. The monoisotopic (exact) mass is 326 g/mol. The molecule has 24 heavy (non-hydrogen) atoms. The van der Waals surface area contributed by atoms with Gasteiger partial charge in [-0.25, -0.2) is 0 Å². The Hall–Kier alpha value is -2.82. The maximum Gasteiger partial charge on any atom is 0.267 e. The molecule has 1 heterocycles. The zero-order valence-corrected chi connectivity index (χ0v) is 14.0. The molecule has 126 valence electrons. The Bertz CT molecular complexity index is 718. The maximum absolute atomic E-state index is 12.5. The fourth-order valence-corrected chi connectivity index (χ4v) is 2.17. The Morgan fingerprint density at radius 2 is 1.96 bits per heavy atom. The number of unbranched alkanes of at least 4 members (excludes halogenated alkanes) is 1. The van der Waals surface area contributed by atoms with Gasteiger partial charge in [0.25, 0.3) is 11.8 Å². The van der Waals surface area contributed by atoms with Gasteiger partial charge in [0.15, 0.2) is 0 Å². The van der Waals surface area contributed by atoms with E-state index in [4.69, 9.17) is 4.42 Å². The summed E-state index contributed by atoms with van der Waals surface area (Å²) in [5, 5.41) is 5.49. The predicted molar refractivity (Wildman–Crippen MR) is 93.2 cm³/mol. The Morgan fingerprint density at radius 1 is 1.17 bits per heavy atom. The highest BCUT2D eigenvalue weighted by atomic mass is 16.3. The van der Waals surface area contributed by atoms with Crippen molar-refractivity contribution in [2.24, 2.45) is 0 Å². The Kier molecular flexibility index (Phi) is 6.37. The van der Waals surface area contributed by atoms with E-state index in [-0.39, 0.29) is 17.5 Å². The van der Waals surface area contributed by atoms with E-state index < -0.39 is 0 Å². The summed E-state index contributed by atoms with van der Waals surface area (Å²) >= 11 is 0. The van der Waals surface area contributed by atoms with Crippen LogP contribution in [0.25, 0.3) is 6.08 Å². The van der Waals surface area contributed by atoms with E-state index in [1.165, 1.54) is 12.3 Å². The van der Waals surface area contributed by atoms with E-state index >= 15 is 0 Å². The largest absolute Gasteiger partial charge is 0.465 e. The fourth-order valence-electron chi connectivity index (χ4n) is 2.17. The molecule has 0 unspecified atom stereocenters. The van der Waals surface area contributed by atoms with Crippen LogP contribution in [0.3, 0.4) is 0 Å². The summed E-state index contributed by atoms with van der Waals surface area (Å²) in [6.07, 6.45) is 4.90. The zero-order chi connectivity index (χ0) is 17.4. The van der Waals surface area contributed by atoms with Crippen LogP contribution >= 0.6 is 0 Å². The molecule has 2 aromatic rings. The van der Waals surface area contributed by atoms with E-state index in [1.54, 1.807) is 24.3 Å². The van der Waals surface area contributed by atoms with E-state index in [0.29, 0.717) is 17.9 Å². The van der Waals surface area contributed by atoms with Crippen molar-refractivity contribution < 1.29 is 14.0 Å². The number of hydrogen-bond acceptors (Lipinski definition) is 3. The third-order valence-electron chi connectivity index (χ3n) is 3.53. The van der Waals surface area contributed by atoms with Crippen LogP contribution in [-0.2, 0) is 4.79 Å². The second kappa shape index (κ2) is 8.72. The molecule has 0 saturated carbocycles. The van der Waals surface area contributed by atoms with Gasteiger partial charge in [-0.05, 0) is 37.1 Å². The van der Waals surface area contributed by atoms with Crippen molar-refractivity contribution in [1.82, 2.24) is 10.6 Å². The van der Waals surface area contributed by atoms with Gasteiger partial charge in [-0.1, -0.05) is 31.5 Å². The first-order chi connectivity index (χ1) is 11.6. The molecule has 0 spiro atoms. The number of hydrogen-bond donors (Lipinski definition) is 2. The zero-order valence-electron chi connectivity index (χ0n) is 14.0. The maximum atomic E-state index is 12.5. The Morgan fingerprint density at radius 3 is 2.62 bits per heavy atom. The normalized spacial score (nSPS) is 11.2. The SMILES string of the molecule is CCCCNC(=O)/C(=C/c1ccco1)NC(=O)c1ccccc1C. The number of rotatable bonds is 7. The molecule has 1 aromatic heterocycles. The number of amides is 2. The number of carbonyl (C=O) groups is 2.